The molecule has 1 aliphatic rings. The highest BCUT2D eigenvalue weighted by molar-refractivity contribution is 7.32. The Kier molecular flexibility index (Phi) is 7.68. The number of ether oxygens (including phenoxy) is 2. The van der Waals surface area contributed by atoms with Crippen molar-refractivity contribution >= 4 is 8.81 Å². The first kappa shape index (κ1) is 18.1. The summed E-state index contributed by atoms with van der Waals surface area (Å²) in [6.07, 6.45) is 7.20. The molecule has 1 fully saturated rings. The van der Waals surface area contributed by atoms with E-state index < -0.39 is 5.79 Å². The standard InChI is InChI=1S/C16H29O3P/c1-7-14-15(19-16(4,5)18-14)13(3)10-8-9-12(2)11-20-17-6/h1,8,10,12-15,20H,7,9,11H2,2-6H3/b10-8-/t12-,13?,14+,15-/m1/s1. The van der Waals surface area contributed by atoms with Gasteiger partial charge in [-0.3, -0.25) is 0 Å². The van der Waals surface area contributed by atoms with Crippen molar-refractivity contribution in [2.75, 3.05) is 13.3 Å². The zero-order valence-corrected chi connectivity index (χ0v) is 14.4. The third-order valence-corrected chi connectivity index (χ3v) is 4.68. The summed E-state index contributed by atoms with van der Waals surface area (Å²) in [7, 11) is 2.36. The first-order chi connectivity index (χ1) is 9.39. The molecular formula is C16H29O3P. The highest BCUT2D eigenvalue weighted by Gasteiger charge is 2.42. The molecule has 1 aliphatic heterocycles. The average Bonchev–Trinajstić information content (AvgIpc) is 2.71. The van der Waals surface area contributed by atoms with Crippen LogP contribution in [-0.4, -0.2) is 31.3 Å². The molecule has 0 bridgehead atoms. The lowest BCUT2D eigenvalue weighted by Gasteiger charge is -2.20. The third-order valence-electron chi connectivity index (χ3n) is 3.53. The van der Waals surface area contributed by atoms with Gasteiger partial charge in [-0.2, -0.15) is 0 Å². The van der Waals surface area contributed by atoms with Gasteiger partial charge in [0, 0.05) is 21.8 Å². The van der Waals surface area contributed by atoms with Gasteiger partial charge in [-0.25, -0.2) is 0 Å². The largest absolute Gasteiger partial charge is 0.366 e. The van der Waals surface area contributed by atoms with Crippen molar-refractivity contribution in [1.82, 2.24) is 0 Å². The Bertz CT molecular complexity index is 304. The highest BCUT2D eigenvalue weighted by Crippen LogP contribution is 2.34. The smallest absolute Gasteiger partial charge is 0.163 e. The lowest BCUT2D eigenvalue weighted by atomic mass is 9.97. The van der Waals surface area contributed by atoms with E-state index in [1.54, 1.807) is 7.11 Å². The summed E-state index contributed by atoms with van der Waals surface area (Å²) in [6.45, 7) is 14.1. The molecule has 0 N–H and O–H groups in total. The Labute approximate surface area is 126 Å². The molecule has 0 aromatic heterocycles. The summed E-state index contributed by atoms with van der Waals surface area (Å²) in [5.41, 5.74) is 0. The summed E-state index contributed by atoms with van der Waals surface area (Å²) >= 11 is 0. The molecule has 20 heavy (non-hydrogen) atoms. The fraction of sp³-hybridized carbons (Fsp3) is 0.812. The van der Waals surface area contributed by atoms with E-state index in [4.69, 9.17) is 20.9 Å². The first-order valence-electron chi connectivity index (χ1n) is 7.37. The van der Waals surface area contributed by atoms with Crippen molar-refractivity contribution in [1.29, 1.82) is 0 Å². The van der Waals surface area contributed by atoms with Crippen LogP contribution in [0.5, 0.6) is 0 Å². The molecule has 1 rings (SSSR count). The van der Waals surface area contributed by atoms with Crippen LogP contribution in [0.2, 0.25) is 0 Å². The average molecular weight is 300 g/mol. The van der Waals surface area contributed by atoms with Crippen LogP contribution in [0.25, 0.3) is 0 Å². The normalized spacial score (nSPS) is 29.5. The van der Waals surface area contributed by atoms with Crippen LogP contribution in [0.1, 0.15) is 40.5 Å². The number of hydrogen-bond donors (Lipinski definition) is 0. The quantitative estimate of drug-likeness (QED) is 0.499. The fourth-order valence-corrected chi connectivity index (χ4v) is 3.05. The van der Waals surface area contributed by atoms with Gasteiger partial charge < -0.3 is 14.0 Å². The van der Waals surface area contributed by atoms with E-state index >= 15 is 0 Å². The van der Waals surface area contributed by atoms with Gasteiger partial charge in [0.05, 0.1) is 12.2 Å². The molecule has 0 aliphatic carbocycles. The second kappa shape index (κ2) is 8.48. The molecule has 0 aromatic rings. The van der Waals surface area contributed by atoms with Crippen molar-refractivity contribution in [2.24, 2.45) is 11.8 Å². The fourth-order valence-electron chi connectivity index (χ4n) is 2.44. The van der Waals surface area contributed by atoms with Gasteiger partial charge in [-0.1, -0.05) is 26.0 Å². The van der Waals surface area contributed by atoms with E-state index in [0.29, 0.717) is 27.1 Å². The minimum absolute atomic E-state index is 0.0166. The SMILES string of the molecule is [CH]C[C@@H]1OC(C)(C)O[C@@H]1C(C)/C=C\C[C@@H](C)CPOC. The van der Waals surface area contributed by atoms with Gasteiger partial charge in [0.2, 0.25) is 0 Å². The molecule has 0 aromatic carbocycles. The van der Waals surface area contributed by atoms with Crippen LogP contribution in [0.15, 0.2) is 12.2 Å². The summed E-state index contributed by atoms with van der Waals surface area (Å²) in [4.78, 5) is 0. The molecule has 2 radical (unpaired) electrons. The summed E-state index contributed by atoms with van der Waals surface area (Å²) in [5.74, 6) is 0.436. The van der Waals surface area contributed by atoms with Crippen LogP contribution in [0, 0.1) is 18.8 Å². The molecule has 2 unspecified atom stereocenters. The van der Waals surface area contributed by atoms with Crippen LogP contribution < -0.4 is 0 Å². The van der Waals surface area contributed by atoms with Gasteiger partial charge in [0.25, 0.3) is 0 Å². The predicted molar refractivity (Wildman–Crippen MR) is 85.0 cm³/mol. The van der Waals surface area contributed by atoms with Crippen molar-refractivity contribution in [2.45, 2.75) is 58.5 Å². The Morgan fingerprint density at radius 1 is 1.35 bits per heavy atom. The second-order valence-corrected chi connectivity index (χ2v) is 7.16. The zero-order valence-electron chi connectivity index (χ0n) is 13.4. The Hall–Kier alpha value is 0.0500. The summed E-state index contributed by atoms with van der Waals surface area (Å²) < 4.78 is 16.9. The summed E-state index contributed by atoms with van der Waals surface area (Å²) in [5, 5.41) is 0. The first-order valence-corrected chi connectivity index (χ1v) is 8.49. The van der Waals surface area contributed by atoms with Crippen molar-refractivity contribution < 1.29 is 14.0 Å². The Morgan fingerprint density at radius 2 is 2.05 bits per heavy atom. The Morgan fingerprint density at radius 3 is 2.65 bits per heavy atom. The monoisotopic (exact) mass is 300 g/mol. The maximum Gasteiger partial charge on any atom is 0.163 e. The maximum atomic E-state index is 5.96. The zero-order chi connectivity index (χ0) is 15.2. The van der Waals surface area contributed by atoms with E-state index in [-0.39, 0.29) is 12.2 Å². The van der Waals surface area contributed by atoms with Gasteiger partial charge in [-0.15, -0.1) is 0 Å². The highest BCUT2D eigenvalue weighted by atomic mass is 31.1. The Balaban J connectivity index is 2.43. The minimum atomic E-state index is -0.524. The van der Waals surface area contributed by atoms with E-state index in [1.165, 1.54) is 0 Å². The molecule has 0 spiro atoms. The van der Waals surface area contributed by atoms with Crippen molar-refractivity contribution in [3.63, 3.8) is 0 Å². The molecule has 0 amide bonds. The van der Waals surface area contributed by atoms with E-state index in [9.17, 15) is 0 Å². The van der Waals surface area contributed by atoms with E-state index in [0.717, 1.165) is 12.6 Å². The van der Waals surface area contributed by atoms with Crippen molar-refractivity contribution in [3.05, 3.63) is 19.1 Å². The van der Waals surface area contributed by atoms with Crippen LogP contribution in [0.4, 0.5) is 0 Å². The molecule has 116 valence electrons. The van der Waals surface area contributed by atoms with Gasteiger partial charge in [-0.05, 0) is 45.7 Å². The van der Waals surface area contributed by atoms with E-state index in [2.05, 4.69) is 26.0 Å². The number of rotatable bonds is 8. The lowest BCUT2D eigenvalue weighted by molar-refractivity contribution is -0.148. The molecule has 1 heterocycles. The van der Waals surface area contributed by atoms with Gasteiger partial charge >= 0.3 is 0 Å². The second-order valence-electron chi connectivity index (χ2n) is 6.06. The van der Waals surface area contributed by atoms with Crippen LogP contribution in [0.3, 0.4) is 0 Å². The van der Waals surface area contributed by atoms with E-state index in [1.807, 2.05) is 13.8 Å². The minimum Gasteiger partial charge on any atom is -0.366 e. The summed E-state index contributed by atoms with van der Waals surface area (Å²) in [6, 6.07) is 0. The lowest BCUT2D eigenvalue weighted by Crippen LogP contribution is -2.28. The molecule has 0 saturated carbocycles. The third kappa shape index (κ3) is 5.81. The van der Waals surface area contributed by atoms with Crippen LogP contribution >= 0.6 is 8.81 Å². The topological polar surface area (TPSA) is 27.7 Å². The number of hydrogen-bond acceptors (Lipinski definition) is 3. The maximum absolute atomic E-state index is 5.96. The van der Waals surface area contributed by atoms with Gasteiger partial charge in [0.15, 0.2) is 5.79 Å². The number of allylic oxidation sites excluding steroid dienone is 1. The molecule has 3 nitrogen and oxygen atoms in total. The molecule has 4 heteroatoms. The van der Waals surface area contributed by atoms with Gasteiger partial charge in [0.1, 0.15) is 0 Å². The van der Waals surface area contributed by atoms with Crippen molar-refractivity contribution in [3.8, 4) is 0 Å². The molecule has 1 saturated heterocycles. The predicted octanol–water partition coefficient (Wildman–Crippen LogP) is 4.07. The molecular weight excluding hydrogens is 271 g/mol. The van der Waals surface area contributed by atoms with Crippen LogP contribution in [-0.2, 0) is 14.0 Å². The molecule has 5 atom stereocenters.